The first-order chi connectivity index (χ1) is 9.35. The Labute approximate surface area is 116 Å². The molecule has 0 aromatic heterocycles. The second-order valence-corrected chi connectivity index (χ2v) is 5.61. The van der Waals surface area contributed by atoms with E-state index in [2.05, 4.69) is 0 Å². The topological polar surface area (TPSA) is 84.9 Å². The van der Waals surface area contributed by atoms with Gasteiger partial charge in [0, 0.05) is 11.8 Å². The number of carbonyl (C=O) groups is 2. The Bertz CT molecular complexity index is 544. The lowest BCUT2D eigenvalue weighted by atomic mass is 9.68. The Morgan fingerprint density at radius 3 is 2.10 bits per heavy atom. The van der Waals surface area contributed by atoms with Crippen LogP contribution in [0.2, 0.25) is 0 Å². The van der Waals surface area contributed by atoms with E-state index >= 15 is 0 Å². The number of rotatable bonds is 2. The molecule has 0 aromatic rings. The zero-order valence-corrected chi connectivity index (χ0v) is 11.4. The molecule has 0 aromatic carbocycles. The van der Waals surface area contributed by atoms with Gasteiger partial charge in [-0.1, -0.05) is 12.2 Å². The van der Waals surface area contributed by atoms with Gasteiger partial charge >= 0.3 is 5.97 Å². The second-order valence-electron chi connectivity index (χ2n) is 5.61. The molecule has 0 N–H and O–H groups in total. The van der Waals surface area contributed by atoms with Crippen molar-refractivity contribution in [2.45, 2.75) is 31.8 Å². The van der Waals surface area contributed by atoms with Gasteiger partial charge in [0.2, 0.25) is 0 Å². The van der Waals surface area contributed by atoms with Gasteiger partial charge in [-0.05, 0) is 19.4 Å². The average Bonchev–Trinajstić information content (AvgIpc) is 2.73. The highest BCUT2D eigenvalue weighted by atomic mass is 16.8. The summed E-state index contributed by atoms with van der Waals surface area (Å²) in [6.45, 7) is 3.53. The van der Waals surface area contributed by atoms with Gasteiger partial charge in [-0.3, -0.25) is 0 Å². The van der Waals surface area contributed by atoms with Gasteiger partial charge in [0.1, 0.15) is 0 Å². The van der Waals surface area contributed by atoms with Gasteiger partial charge in [0.25, 0.3) is 0 Å². The third kappa shape index (κ3) is 1.72. The van der Waals surface area contributed by atoms with Gasteiger partial charge in [-0.2, -0.15) is 0 Å². The van der Waals surface area contributed by atoms with E-state index in [-0.39, 0.29) is 17.3 Å². The fourth-order valence-electron chi connectivity index (χ4n) is 3.31. The van der Waals surface area contributed by atoms with Gasteiger partial charge < -0.3 is 24.1 Å². The smallest absolute Gasteiger partial charge is 0.334 e. The summed E-state index contributed by atoms with van der Waals surface area (Å²) in [7, 11) is 1.22. The monoisotopic (exact) mass is 279 g/mol. The summed E-state index contributed by atoms with van der Waals surface area (Å²) in [4.78, 5) is 23.3. The average molecular weight is 279 g/mol. The number of methoxy groups -OCH3 is 1. The molecular weight excluding hydrogens is 264 g/mol. The van der Waals surface area contributed by atoms with Crippen molar-refractivity contribution in [3.63, 3.8) is 0 Å². The Morgan fingerprint density at radius 2 is 1.65 bits per heavy atom. The van der Waals surface area contributed by atoms with Crippen molar-refractivity contribution in [1.29, 1.82) is 0 Å². The van der Waals surface area contributed by atoms with Crippen molar-refractivity contribution >= 4 is 11.9 Å². The summed E-state index contributed by atoms with van der Waals surface area (Å²) in [5.41, 5.74) is 0.0643. The van der Waals surface area contributed by atoms with Crippen LogP contribution in [0.4, 0.5) is 0 Å². The van der Waals surface area contributed by atoms with E-state index in [1.165, 1.54) is 7.11 Å². The molecule has 4 atom stereocenters. The van der Waals surface area contributed by atoms with Crippen LogP contribution in [0.3, 0.4) is 0 Å². The highest BCUT2D eigenvalue weighted by Gasteiger charge is 2.56. The molecule has 0 spiro atoms. The molecule has 6 nitrogen and oxygen atoms in total. The molecule has 1 aliphatic heterocycles. The maximum Gasteiger partial charge on any atom is 0.334 e. The first-order valence-corrected chi connectivity index (χ1v) is 6.43. The molecule has 108 valence electrons. The Balaban J connectivity index is 2.09. The third-order valence-corrected chi connectivity index (χ3v) is 3.98. The first kappa shape index (κ1) is 13.3. The van der Waals surface area contributed by atoms with Gasteiger partial charge in [-0.15, -0.1) is 0 Å². The Kier molecular flexibility index (Phi) is 2.78. The number of esters is 1. The summed E-state index contributed by atoms with van der Waals surface area (Å²) in [6, 6.07) is 0. The molecule has 1 fully saturated rings. The molecule has 4 rings (SSSR count). The zero-order chi connectivity index (χ0) is 14.7. The van der Waals surface area contributed by atoms with Crippen molar-refractivity contribution in [3.05, 3.63) is 23.3 Å². The molecular formula is C14H15O6-. The van der Waals surface area contributed by atoms with E-state index in [4.69, 9.17) is 14.2 Å². The molecule has 0 saturated carbocycles. The van der Waals surface area contributed by atoms with E-state index < -0.39 is 35.7 Å². The SMILES string of the molecule is COC(=O)C1=C(C(=O)[O-])[C@@H]2C=C[C@H]1[C@@H]1OC(C)(C)O[C@H]12. The van der Waals surface area contributed by atoms with Crippen LogP contribution in [0.15, 0.2) is 23.3 Å². The van der Waals surface area contributed by atoms with E-state index in [0.717, 1.165) is 0 Å². The van der Waals surface area contributed by atoms with Gasteiger partial charge in [0.15, 0.2) is 5.79 Å². The van der Waals surface area contributed by atoms with Crippen molar-refractivity contribution in [3.8, 4) is 0 Å². The highest BCUT2D eigenvalue weighted by Crippen LogP contribution is 2.49. The van der Waals surface area contributed by atoms with Crippen LogP contribution in [0.25, 0.3) is 0 Å². The maximum absolute atomic E-state index is 11.9. The molecule has 3 aliphatic carbocycles. The lowest BCUT2D eigenvalue weighted by molar-refractivity contribution is -0.300. The van der Waals surface area contributed by atoms with Crippen molar-refractivity contribution < 1.29 is 28.9 Å². The fourth-order valence-corrected chi connectivity index (χ4v) is 3.31. The summed E-state index contributed by atoms with van der Waals surface area (Å²) < 4.78 is 16.3. The predicted octanol–water partition coefficient (Wildman–Crippen LogP) is -0.458. The summed E-state index contributed by atoms with van der Waals surface area (Å²) >= 11 is 0. The standard InChI is InChI=1S/C14H16O6/c1-14(2)19-10-6-4-5-7(11(10)20-14)9(13(17)18-3)8(6)12(15)16/h4-7,10-11H,1-3H3,(H,15,16)/p-1/t6-,7+,10-,11-/m0/s1. The number of carboxylic acids is 1. The number of ether oxygens (including phenoxy) is 3. The van der Waals surface area contributed by atoms with Crippen LogP contribution in [0.5, 0.6) is 0 Å². The molecule has 0 radical (unpaired) electrons. The second kappa shape index (κ2) is 4.17. The minimum Gasteiger partial charge on any atom is -0.545 e. The number of hydrogen-bond donors (Lipinski definition) is 0. The molecule has 20 heavy (non-hydrogen) atoms. The molecule has 0 unspecified atom stereocenters. The molecule has 2 bridgehead atoms. The lowest BCUT2D eigenvalue weighted by Crippen LogP contribution is -2.50. The molecule has 4 aliphatic rings. The van der Waals surface area contributed by atoms with E-state index in [1.807, 2.05) is 0 Å². The van der Waals surface area contributed by atoms with Gasteiger partial charge in [0.05, 0.1) is 30.9 Å². The minimum absolute atomic E-state index is 0.0492. The van der Waals surface area contributed by atoms with Crippen LogP contribution in [0.1, 0.15) is 13.8 Å². The van der Waals surface area contributed by atoms with Gasteiger partial charge in [-0.25, -0.2) is 4.79 Å². The fraction of sp³-hybridized carbons (Fsp3) is 0.571. The largest absolute Gasteiger partial charge is 0.545 e. The normalized spacial score (nSPS) is 37.0. The number of hydrogen-bond acceptors (Lipinski definition) is 6. The van der Waals surface area contributed by atoms with E-state index in [9.17, 15) is 14.7 Å². The molecule has 6 heteroatoms. The van der Waals surface area contributed by atoms with Crippen molar-refractivity contribution in [2.75, 3.05) is 7.11 Å². The quantitative estimate of drug-likeness (QED) is 0.502. The number of carboxylic acid groups (broad SMARTS) is 1. The maximum atomic E-state index is 11.9. The lowest BCUT2D eigenvalue weighted by Gasteiger charge is -2.41. The van der Waals surface area contributed by atoms with Crippen LogP contribution >= 0.6 is 0 Å². The molecule has 0 amide bonds. The summed E-state index contributed by atoms with van der Waals surface area (Å²) in [5.74, 6) is -3.86. The van der Waals surface area contributed by atoms with Crippen LogP contribution in [-0.2, 0) is 23.8 Å². The first-order valence-electron chi connectivity index (χ1n) is 6.43. The number of aliphatic carboxylic acids is 1. The number of carbonyl (C=O) groups excluding carboxylic acids is 2. The van der Waals surface area contributed by atoms with E-state index in [0.29, 0.717) is 0 Å². The zero-order valence-electron chi connectivity index (χ0n) is 11.4. The third-order valence-electron chi connectivity index (χ3n) is 3.98. The molecule has 1 heterocycles. The minimum atomic E-state index is -1.36. The highest BCUT2D eigenvalue weighted by molar-refractivity contribution is 6.01. The summed E-state index contributed by atoms with van der Waals surface area (Å²) in [6.07, 6.45) is 2.74. The summed E-state index contributed by atoms with van der Waals surface area (Å²) in [5, 5.41) is 11.4. The van der Waals surface area contributed by atoms with Crippen LogP contribution < -0.4 is 5.11 Å². The van der Waals surface area contributed by atoms with Crippen molar-refractivity contribution in [2.24, 2.45) is 11.8 Å². The Hall–Kier alpha value is -1.66. The molecule has 1 saturated heterocycles. The van der Waals surface area contributed by atoms with Crippen LogP contribution in [0, 0.1) is 11.8 Å². The van der Waals surface area contributed by atoms with E-state index in [1.54, 1.807) is 26.0 Å². The Morgan fingerprint density at radius 1 is 1.15 bits per heavy atom. The van der Waals surface area contributed by atoms with Crippen LogP contribution in [-0.4, -0.2) is 37.0 Å². The predicted molar refractivity (Wildman–Crippen MR) is 64.0 cm³/mol. The van der Waals surface area contributed by atoms with Crippen molar-refractivity contribution in [1.82, 2.24) is 0 Å².